The fourth-order valence-corrected chi connectivity index (χ4v) is 3.62. The molecule has 1 aliphatic carbocycles. The zero-order valence-electron chi connectivity index (χ0n) is 13.7. The highest BCUT2D eigenvalue weighted by Crippen LogP contribution is 2.43. The van der Waals surface area contributed by atoms with Crippen LogP contribution in [0.2, 0.25) is 5.02 Å². The molecule has 7 heteroatoms. The van der Waals surface area contributed by atoms with E-state index < -0.39 is 12.1 Å². The summed E-state index contributed by atoms with van der Waals surface area (Å²) in [4.78, 5) is 19.7. The Morgan fingerprint density at radius 2 is 1.72 bits per heavy atom. The number of hydrogen-bond acceptors (Lipinski definition) is 2. The van der Waals surface area contributed by atoms with Gasteiger partial charge in [0.2, 0.25) is 0 Å². The number of benzene rings is 1. The third kappa shape index (κ3) is 3.89. The van der Waals surface area contributed by atoms with Gasteiger partial charge in [-0.05, 0) is 50.3 Å². The van der Waals surface area contributed by atoms with Crippen molar-refractivity contribution in [3.63, 3.8) is 0 Å². The average Bonchev–Trinajstić information content (AvgIpc) is 2.55. The molecule has 0 unspecified atom stereocenters. The van der Waals surface area contributed by atoms with Gasteiger partial charge < -0.3 is 4.98 Å². The summed E-state index contributed by atoms with van der Waals surface area (Å²) >= 11 is 5.90. The summed E-state index contributed by atoms with van der Waals surface area (Å²) in [5.41, 5.74) is 1.41. The summed E-state index contributed by atoms with van der Waals surface area (Å²) in [5, 5.41) is 0.549. The predicted molar refractivity (Wildman–Crippen MR) is 90.8 cm³/mol. The number of nitrogens with zero attached hydrogens (tertiary/aromatic N) is 1. The second-order valence-electron chi connectivity index (χ2n) is 6.51. The highest BCUT2D eigenvalue weighted by molar-refractivity contribution is 6.30. The molecule has 1 aromatic carbocycles. The van der Waals surface area contributed by atoms with Crippen LogP contribution in [0.3, 0.4) is 0 Å². The van der Waals surface area contributed by atoms with Gasteiger partial charge in [0, 0.05) is 10.9 Å². The normalized spacial score (nSPS) is 21.3. The molecule has 3 nitrogen and oxygen atoms in total. The summed E-state index contributed by atoms with van der Waals surface area (Å²) in [6.07, 6.45) is -3.26. The van der Waals surface area contributed by atoms with Crippen LogP contribution in [0.15, 0.2) is 29.1 Å². The molecule has 1 aliphatic rings. The van der Waals surface area contributed by atoms with Crippen LogP contribution in [-0.2, 0) is 0 Å². The minimum atomic E-state index is -4.15. The average molecular weight is 371 g/mol. The fraction of sp³-hybridized carbons (Fsp3) is 0.444. The van der Waals surface area contributed by atoms with E-state index in [1.54, 1.807) is 31.2 Å². The molecular formula is C18H18ClF3N2O. The summed E-state index contributed by atoms with van der Waals surface area (Å²) < 4.78 is 38.7. The van der Waals surface area contributed by atoms with E-state index in [1.807, 2.05) is 0 Å². The molecule has 1 saturated carbocycles. The number of rotatable bonds is 2. The maximum absolute atomic E-state index is 12.9. The maximum atomic E-state index is 12.9. The first kappa shape index (κ1) is 18.0. The fourth-order valence-electron chi connectivity index (χ4n) is 3.49. The molecule has 0 bridgehead atoms. The zero-order chi connectivity index (χ0) is 18.2. The van der Waals surface area contributed by atoms with Gasteiger partial charge in [0.1, 0.15) is 5.82 Å². The second-order valence-corrected chi connectivity index (χ2v) is 6.95. The SMILES string of the molecule is Cc1nc(C2CCC(C(F)(F)F)CC2)c(-c2ccc(Cl)cc2)c(=O)[nH]1. The molecule has 0 radical (unpaired) electrons. The largest absolute Gasteiger partial charge is 0.391 e. The Balaban J connectivity index is 1.97. The lowest BCUT2D eigenvalue weighted by molar-refractivity contribution is -0.182. The molecule has 1 aromatic heterocycles. The highest BCUT2D eigenvalue weighted by atomic mass is 35.5. The highest BCUT2D eigenvalue weighted by Gasteiger charge is 2.42. The first-order valence-electron chi connectivity index (χ1n) is 8.19. The van der Waals surface area contributed by atoms with Gasteiger partial charge in [0.15, 0.2) is 0 Å². The minimum Gasteiger partial charge on any atom is -0.310 e. The van der Waals surface area contributed by atoms with Crippen molar-refractivity contribution in [1.82, 2.24) is 9.97 Å². The van der Waals surface area contributed by atoms with E-state index in [1.165, 1.54) is 0 Å². The first-order chi connectivity index (χ1) is 11.8. The molecular weight excluding hydrogens is 353 g/mol. The lowest BCUT2D eigenvalue weighted by Crippen LogP contribution is -2.28. The topological polar surface area (TPSA) is 45.8 Å². The van der Waals surface area contributed by atoms with Gasteiger partial charge in [-0.1, -0.05) is 23.7 Å². The van der Waals surface area contributed by atoms with Gasteiger partial charge in [-0.15, -0.1) is 0 Å². The molecule has 2 aromatic rings. The van der Waals surface area contributed by atoms with E-state index in [4.69, 9.17) is 11.6 Å². The quantitative estimate of drug-likeness (QED) is 0.786. The molecule has 1 N–H and O–H groups in total. The van der Waals surface area contributed by atoms with Gasteiger partial charge >= 0.3 is 6.18 Å². The van der Waals surface area contributed by atoms with Crippen molar-refractivity contribution in [3.05, 3.63) is 51.2 Å². The molecule has 25 heavy (non-hydrogen) atoms. The molecule has 1 heterocycles. The predicted octanol–water partition coefficient (Wildman–Crippen LogP) is 5.23. The zero-order valence-corrected chi connectivity index (χ0v) is 14.4. The third-order valence-corrected chi connectivity index (χ3v) is 5.03. The lowest BCUT2D eigenvalue weighted by atomic mass is 9.78. The van der Waals surface area contributed by atoms with Crippen molar-refractivity contribution in [1.29, 1.82) is 0 Å². The van der Waals surface area contributed by atoms with Crippen LogP contribution in [0.25, 0.3) is 11.1 Å². The molecule has 0 atom stereocenters. The number of aromatic nitrogens is 2. The smallest absolute Gasteiger partial charge is 0.310 e. The molecule has 1 fully saturated rings. The van der Waals surface area contributed by atoms with Gasteiger partial charge in [-0.25, -0.2) is 4.98 Å². The number of halogens is 4. The minimum absolute atomic E-state index is 0.0712. The third-order valence-electron chi connectivity index (χ3n) is 4.78. The van der Waals surface area contributed by atoms with Crippen molar-refractivity contribution < 1.29 is 13.2 Å². The van der Waals surface area contributed by atoms with Crippen molar-refractivity contribution in [2.75, 3.05) is 0 Å². The summed E-state index contributed by atoms with van der Waals surface area (Å²) in [6.45, 7) is 1.68. The van der Waals surface area contributed by atoms with Crippen molar-refractivity contribution >= 4 is 11.6 Å². The van der Waals surface area contributed by atoms with Crippen LogP contribution in [0, 0.1) is 12.8 Å². The number of aryl methyl sites for hydroxylation is 1. The molecule has 3 rings (SSSR count). The summed E-state index contributed by atoms with van der Waals surface area (Å²) in [5.74, 6) is -0.938. The van der Waals surface area contributed by atoms with Crippen LogP contribution in [0.4, 0.5) is 13.2 Å². The molecule has 0 spiro atoms. The van der Waals surface area contributed by atoms with Crippen LogP contribution >= 0.6 is 11.6 Å². The molecule has 0 aliphatic heterocycles. The van der Waals surface area contributed by atoms with Gasteiger partial charge in [0.05, 0.1) is 17.2 Å². The Bertz CT molecular complexity index is 807. The second kappa shape index (κ2) is 6.83. The Kier molecular flexibility index (Phi) is 4.91. The number of hydrogen-bond donors (Lipinski definition) is 1. The van der Waals surface area contributed by atoms with E-state index in [2.05, 4.69) is 9.97 Å². The standard InChI is InChI=1S/C18H18ClF3N2O/c1-10-23-16(12-2-6-13(7-3-12)18(20,21)22)15(17(25)24-10)11-4-8-14(19)9-5-11/h4-5,8-9,12-13H,2-3,6-7H2,1H3,(H,23,24,25). The van der Waals surface area contributed by atoms with Crippen LogP contribution < -0.4 is 5.56 Å². The first-order valence-corrected chi connectivity index (χ1v) is 8.57. The van der Waals surface area contributed by atoms with Crippen molar-refractivity contribution in [2.24, 2.45) is 5.92 Å². The van der Waals surface area contributed by atoms with Crippen LogP contribution in [0.1, 0.15) is 43.1 Å². The number of alkyl halides is 3. The van der Waals surface area contributed by atoms with E-state index >= 15 is 0 Å². The molecule has 0 amide bonds. The van der Waals surface area contributed by atoms with E-state index in [-0.39, 0.29) is 24.3 Å². The summed E-state index contributed by atoms with van der Waals surface area (Å²) in [6, 6.07) is 6.82. The van der Waals surface area contributed by atoms with E-state index in [0.717, 1.165) is 0 Å². The van der Waals surface area contributed by atoms with Gasteiger partial charge in [-0.2, -0.15) is 13.2 Å². The monoisotopic (exact) mass is 370 g/mol. The Morgan fingerprint density at radius 1 is 1.12 bits per heavy atom. The van der Waals surface area contributed by atoms with Crippen molar-refractivity contribution in [2.45, 2.75) is 44.7 Å². The Labute approximate surface area is 148 Å². The van der Waals surface area contributed by atoms with E-state index in [0.29, 0.717) is 40.5 Å². The van der Waals surface area contributed by atoms with Gasteiger partial charge in [-0.3, -0.25) is 4.79 Å². The Morgan fingerprint density at radius 3 is 2.28 bits per heavy atom. The number of H-pyrrole nitrogens is 1. The van der Waals surface area contributed by atoms with Gasteiger partial charge in [0.25, 0.3) is 5.56 Å². The lowest BCUT2D eigenvalue weighted by Gasteiger charge is -2.30. The Hall–Kier alpha value is -1.82. The van der Waals surface area contributed by atoms with E-state index in [9.17, 15) is 18.0 Å². The molecule has 0 saturated heterocycles. The van der Waals surface area contributed by atoms with Crippen molar-refractivity contribution in [3.8, 4) is 11.1 Å². The number of aromatic amines is 1. The van der Waals surface area contributed by atoms with Crippen LogP contribution in [-0.4, -0.2) is 16.1 Å². The summed E-state index contributed by atoms with van der Waals surface area (Å²) in [7, 11) is 0. The maximum Gasteiger partial charge on any atom is 0.391 e. The molecule has 134 valence electrons. The number of nitrogens with one attached hydrogen (secondary N) is 1. The van der Waals surface area contributed by atoms with Crippen LogP contribution in [0.5, 0.6) is 0 Å².